The number of benzene rings is 1. The van der Waals surface area contributed by atoms with E-state index in [0.717, 1.165) is 17.7 Å². The Hall–Kier alpha value is -3.62. The van der Waals surface area contributed by atoms with E-state index in [4.69, 9.17) is 5.11 Å². The minimum absolute atomic E-state index is 0.189. The summed E-state index contributed by atoms with van der Waals surface area (Å²) in [6.07, 6.45) is 2.94. The van der Waals surface area contributed by atoms with Gasteiger partial charge in [-0.1, -0.05) is 42.5 Å². The normalized spacial score (nSPS) is 16.6. The lowest BCUT2D eigenvalue weighted by molar-refractivity contribution is -0.137. The van der Waals surface area contributed by atoms with Gasteiger partial charge in [0, 0.05) is 49.0 Å². The Morgan fingerprint density at radius 2 is 2.00 bits per heavy atom. The minimum Gasteiger partial charge on any atom is -0.478 e. The fraction of sp³-hybridized carbons (Fsp3) is 0.292. The molecule has 6 nitrogen and oxygen atoms in total. The predicted molar refractivity (Wildman–Crippen MR) is 118 cm³/mol. The second kappa shape index (κ2) is 9.89. The number of carboxylic acids is 1. The van der Waals surface area contributed by atoms with E-state index in [1.165, 1.54) is 12.1 Å². The van der Waals surface area contributed by atoms with Gasteiger partial charge in [0.1, 0.15) is 0 Å². The van der Waals surface area contributed by atoms with Gasteiger partial charge < -0.3 is 10.4 Å². The molecule has 0 atom stereocenters. The van der Waals surface area contributed by atoms with Crippen LogP contribution >= 0.6 is 0 Å². The third-order valence-electron chi connectivity index (χ3n) is 5.43. The highest BCUT2D eigenvalue weighted by atomic mass is 19.4. The lowest BCUT2D eigenvalue weighted by Gasteiger charge is -2.25. The number of nitrogens with zero attached hydrogens (tertiary/aromatic N) is 2. The van der Waals surface area contributed by atoms with Gasteiger partial charge in [0.15, 0.2) is 0 Å². The first kappa shape index (κ1) is 24.0. The minimum atomic E-state index is -4.43. The summed E-state index contributed by atoms with van der Waals surface area (Å²) in [6.45, 7) is 1.96. The molecule has 1 amide bonds. The van der Waals surface area contributed by atoms with Crippen molar-refractivity contribution in [1.82, 2.24) is 10.3 Å². The smallest absolute Gasteiger partial charge is 0.416 e. The highest BCUT2D eigenvalue weighted by Gasteiger charge is 2.30. The first-order chi connectivity index (χ1) is 15.5. The molecular formula is C24H24F3N3O3. The molecule has 1 heterocycles. The Balaban J connectivity index is 1.68. The molecule has 0 aromatic heterocycles. The summed E-state index contributed by atoms with van der Waals surface area (Å²) >= 11 is 0. The first-order valence-electron chi connectivity index (χ1n) is 10.3. The molecular weight excluding hydrogens is 435 g/mol. The molecule has 3 rings (SSSR count). The number of halogens is 3. The van der Waals surface area contributed by atoms with Crippen molar-refractivity contribution in [1.29, 1.82) is 0 Å². The molecule has 174 valence electrons. The molecule has 0 fully saturated rings. The number of carboxylic acid groups (broad SMARTS) is 1. The molecule has 33 heavy (non-hydrogen) atoms. The van der Waals surface area contributed by atoms with Gasteiger partial charge in [0.05, 0.1) is 5.56 Å². The summed E-state index contributed by atoms with van der Waals surface area (Å²) < 4.78 is 39.0. The van der Waals surface area contributed by atoms with Crippen LogP contribution < -0.4 is 5.32 Å². The number of aliphatic carboxylic acids is 1. The van der Waals surface area contributed by atoms with Crippen LogP contribution in [0.5, 0.6) is 0 Å². The van der Waals surface area contributed by atoms with Crippen molar-refractivity contribution in [2.24, 2.45) is 5.10 Å². The van der Waals surface area contributed by atoms with Crippen LogP contribution in [-0.4, -0.2) is 41.3 Å². The van der Waals surface area contributed by atoms with Gasteiger partial charge in [-0.15, -0.1) is 0 Å². The van der Waals surface area contributed by atoms with E-state index in [1.807, 2.05) is 0 Å². The first-order valence-corrected chi connectivity index (χ1v) is 10.3. The fourth-order valence-electron chi connectivity index (χ4n) is 3.52. The van der Waals surface area contributed by atoms with E-state index in [0.29, 0.717) is 29.0 Å². The molecule has 0 bridgehead atoms. The van der Waals surface area contributed by atoms with E-state index >= 15 is 0 Å². The van der Waals surface area contributed by atoms with E-state index < -0.39 is 17.7 Å². The van der Waals surface area contributed by atoms with Crippen molar-refractivity contribution in [3.05, 3.63) is 82.1 Å². The van der Waals surface area contributed by atoms with Crippen molar-refractivity contribution < 1.29 is 27.9 Å². The maximum Gasteiger partial charge on any atom is 0.416 e. The average Bonchev–Trinajstić information content (AvgIpc) is 3.00. The summed E-state index contributed by atoms with van der Waals surface area (Å²) in [7, 11) is 1.68. The van der Waals surface area contributed by atoms with Crippen LogP contribution in [-0.2, 0) is 22.2 Å². The fourth-order valence-corrected chi connectivity index (χ4v) is 3.52. The number of hydrogen-bond donors (Lipinski definition) is 2. The third kappa shape index (κ3) is 6.21. The number of allylic oxidation sites excluding steroid dienone is 4. The maximum atomic E-state index is 13.0. The lowest BCUT2D eigenvalue weighted by atomic mass is 9.98. The highest BCUT2D eigenvalue weighted by molar-refractivity contribution is 6.02. The second-order valence-electron chi connectivity index (χ2n) is 7.83. The van der Waals surface area contributed by atoms with Crippen molar-refractivity contribution in [2.45, 2.75) is 32.4 Å². The van der Waals surface area contributed by atoms with Gasteiger partial charge in [-0.3, -0.25) is 9.80 Å². The topological polar surface area (TPSA) is 82.0 Å². The van der Waals surface area contributed by atoms with Crippen LogP contribution in [0.1, 0.15) is 30.9 Å². The number of nitrogens with one attached hydrogen (secondary N) is 1. The van der Waals surface area contributed by atoms with Crippen LogP contribution in [0, 0.1) is 0 Å². The van der Waals surface area contributed by atoms with Crippen LogP contribution in [0.25, 0.3) is 0 Å². The van der Waals surface area contributed by atoms with E-state index in [9.17, 15) is 22.8 Å². The molecule has 2 aliphatic rings. The number of carbonyl (C=O) groups is 2. The Kier molecular flexibility index (Phi) is 7.20. The zero-order chi connectivity index (χ0) is 24.2. The number of hydrazone groups is 1. The van der Waals surface area contributed by atoms with Crippen molar-refractivity contribution >= 4 is 17.6 Å². The highest BCUT2D eigenvalue weighted by Crippen LogP contribution is 2.30. The summed E-state index contributed by atoms with van der Waals surface area (Å²) in [5.74, 6) is -1.29. The van der Waals surface area contributed by atoms with Crippen LogP contribution in [0.4, 0.5) is 13.2 Å². The van der Waals surface area contributed by atoms with Crippen LogP contribution in [0.3, 0.4) is 0 Å². The van der Waals surface area contributed by atoms with Gasteiger partial charge in [-0.25, -0.2) is 4.79 Å². The number of rotatable bonds is 6. The molecule has 1 aliphatic heterocycles. The maximum absolute atomic E-state index is 13.0. The Morgan fingerprint density at radius 1 is 1.24 bits per heavy atom. The molecule has 9 heteroatoms. The number of alkyl halides is 3. The van der Waals surface area contributed by atoms with Crippen molar-refractivity contribution in [2.75, 3.05) is 13.6 Å². The molecule has 2 N–H and O–H groups in total. The Morgan fingerprint density at radius 3 is 2.70 bits per heavy atom. The summed E-state index contributed by atoms with van der Waals surface area (Å²) in [6, 6.07) is 5.08. The van der Waals surface area contributed by atoms with Gasteiger partial charge in [-0.05, 0) is 30.5 Å². The van der Waals surface area contributed by atoms with Gasteiger partial charge in [-0.2, -0.15) is 18.3 Å². The second-order valence-corrected chi connectivity index (χ2v) is 7.83. The van der Waals surface area contributed by atoms with E-state index in [2.05, 4.69) is 10.4 Å². The molecule has 0 spiro atoms. The van der Waals surface area contributed by atoms with Gasteiger partial charge >= 0.3 is 12.1 Å². The zero-order valence-corrected chi connectivity index (χ0v) is 18.2. The summed E-state index contributed by atoms with van der Waals surface area (Å²) in [5.41, 5.74) is 2.46. The number of carbonyl (C=O) groups excluding carboxylic acids is 1. The zero-order valence-electron chi connectivity index (χ0n) is 18.2. The molecule has 0 unspecified atom stereocenters. The standard InChI is InChI=1S/C24H24F3N3O3/c1-15-21(22(31)28-14-16-5-3-7-18(10-9-16)23(32)33)13-20(29-30(15)2)12-17-6-4-8-19(11-17)24(25,26)27/h3-6,8-11H,7,12-14H2,1-2H3,(H,28,31)(H,32,33). The molecule has 0 saturated carbocycles. The molecule has 1 aliphatic carbocycles. The van der Waals surface area contributed by atoms with Gasteiger partial charge in [0.2, 0.25) is 5.91 Å². The lowest BCUT2D eigenvalue weighted by Crippen LogP contribution is -2.33. The molecule has 0 saturated heterocycles. The van der Waals surface area contributed by atoms with Gasteiger partial charge in [0.25, 0.3) is 0 Å². The van der Waals surface area contributed by atoms with Crippen LogP contribution in [0.15, 0.2) is 76.1 Å². The average molecular weight is 459 g/mol. The van der Waals surface area contributed by atoms with E-state index in [-0.39, 0.29) is 30.9 Å². The summed E-state index contributed by atoms with van der Waals surface area (Å²) in [4.78, 5) is 24.0. The summed E-state index contributed by atoms with van der Waals surface area (Å²) in [5, 5.41) is 17.9. The quantitative estimate of drug-likeness (QED) is 0.667. The molecule has 1 aromatic carbocycles. The predicted octanol–water partition coefficient (Wildman–Crippen LogP) is 4.23. The largest absolute Gasteiger partial charge is 0.478 e. The molecule has 0 radical (unpaired) electrons. The SMILES string of the molecule is CC1=C(C(=O)NCC2=CC=C(C(=O)O)CC=C2)CC(Cc2cccc(C(F)(F)F)c2)=NN1C. The Bertz CT molecular complexity index is 1110. The Labute approximate surface area is 189 Å². The van der Waals surface area contributed by atoms with Crippen LogP contribution in [0.2, 0.25) is 0 Å². The number of amides is 1. The third-order valence-corrected chi connectivity index (χ3v) is 5.43. The molecule has 1 aromatic rings. The van der Waals surface area contributed by atoms with Crippen molar-refractivity contribution in [3.63, 3.8) is 0 Å². The number of hydrogen-bond acceptors (Lipinski definition) is 4. The monoisotopic (exact) mass is 459 g/mol. The van der Waals surface area contributed by atoms with E-state index in [1.54, 1.807) is 43.3 Å². The van der Waals surface area contributed by atoms with Crippen molar-refractivity contribution in [3.8, 4) is 0 Å².